The van der Waals surface area contributed by atoms with Gasteiger partial charge in [0.2, 0.25) is 0 Å². The molecular formula is C21H30N2O4. The fourth-order valence-corrected chi connectivity index (χ4v) is 4.79. The molecule has 2 N–H and O–H groups in total. The highest BCUT2D eigenvalue weighted by molar-refractivity contribution is 6.08. The van der Waals surface area contributed by atoms with Crippen molar-refractivity contribution in [2.45, 2.75) is 71.1 Å². The zero-order chi connectivity index (χ0) is 20.0. The normalized spacial score (nSPS) is 31.5. The molecule has 0 radical (unpaired) electrons. The van der Waals surface area contributed by atoms with Gasteiger partial charge in [0.05, 0.1) is 6.10 Å². The van der Waals surface area contributed by atoms with Crippen LogP contribution in [0, 0.1) is 12.3 Å². The number of nitrogens with one attached hydrogen (secondary N) is 1. The van der Waals surface area contributed by atoms with Gasteiger partial charge in [-0.15, -0.1) is 0 Å². The van der Waals surface area contributed by atoms with Gasteiger partial charge in [0.15, 0.2) is 5.54 Å². The summed E-state index contributed by atoms with van der Waals surface area (Å²) in [5.41, 5.74) is -0.100. The predicted octanol–water partition coefficient (Wildman–Crippen LogP) is 3.45. The van der Waals surface area contributed by atoms with Crippen LogP contribution >= 0.6 is 0 Å². The number of aryl methyl sites for hydroxylation is 1. The van der Waals surface area contributed by atoms with Gasteiger partial charge in [0.1, 0.15) is 5.75 Å². The highest BCUT2D eigenvalue weighted by Gasteiger charge is 2.63. The van der Waals surface area contributed by atoms with Crippen LogP contribution in [0.5, 0.6) is 5.75 Å². The van der Waals surface area contributed by atoms with E-state index in [-0.39, 0.29) is 29.8 Å². The van der Waals surface area contributed by atoms with Gasteiger partial charge >= 0.3 is 6.03 Å². The van der Waals surface area contributed by atoms with Crippen LogP contribution in [0.15, 0.2) is 18.2 Å². The maximum atomic E-state index is 13.7. The lowest BCUT2D eigenvalue weighted by Crippen LogP contribution is -2.58. The molecule has 2 fully saturated rings. The van der Waals surface area contributed by atoms with Gasteiger partial charge in [-0.1, -0.05) is 13.0 Å². The molecule has 1 saturated heterocycles. The minimum Gasteiger partial charge on any atom is -0.508 e. The van der Waals surface area contributed by atoms with Crippen molar-refractivity contribution in [1.82, 2.24) is 10.2 Å². The van der Waals surface area contributed by atoms with Gasteiger partial charge in [0.25, 0.3) is 5.91 Å². The minimum atomic E-state index is -1.18. The molecule has 1 atom stereocenters. The number of methoxy groups -OCH3 is 1. The topological polar surface area (TPSA) is 78.9 Å². The maximum Gasteiger partial charge on any atom is 0.325 e. The fourth-order valence-electron chi connectivity index (χ4n) is 4.79. The zero-order valence-electron chi connectivity index (χ0n) is 16.8. The summed E-state index contributed by atoms with van der Waals surface area (Å²) in [7, 11) is 1.71. The quantitative estimate of drug-likeness (QED) is 0.791. The SMILES string of the molecule is CO[C@H]1CC[C@](C)(C2(c3cc(O)ccc3C)NC(=O)N(C(C)C)C2=O)CC1. The first-order chi connectivity index (χ1) is 12.7. The molecule has 3 amide bonds. The molecule has 0 spiro atoms. The van der Waals surface area contributed by atoms with Gasteiger partial charge in [-0.05, 0) is 69.7 Å². The molecule has 6 heteroatoms. The van der Waals surface area contributed by atoms with Crippen molar-refractivity contribution < 1.29 is 19.4 Å². The second-order valence-corrected chi connectivity index (χ2v) is 8.44. The number of ether oxygens (including phenoxy) is 1. The van der Waals surface area contributed by atoms with Crippen LogP contribution in [0.1, 0.15) is 57.6 Å². The summed E-state index contributed by atoms with van der Waals surface area (Å²) < 4.78 is 5.51. The first kappa shape index (κ1) is 19.7. The monoisotopic (exact) mass is 374 g/mol. The van der Waals surface area contributed by atoms with E-state index in [4.69, 9.17) is 4.74 Å². The molecule has 1 unspecified atom stereocenters. The summed E-state index contributed by atoms with van der Waals surface area (Å²) in [6.07, 6.45) is 3.33. The summed E-state index contributed by atoms with van der Waals surface area (Å²) in [6.45, 7) is 7.67. The number of carbonyl (C=O) groups excluding carboxylic acids is 2. The molecule has 1 heterocycles. The van der Waals surface area contributed by atoms with Gasteiger partial charge in [-0.3, -0.25) is 9.69 Å². The lowest BCUT2D eigenvalue weighted by Gasteiger charge is -2.48. The van der Waals surface area contributed by atoms with E-state index in [0.717, 1.165) is 31.2 Å². The van der Waals surface area contributed by atoms with Gasteiger partial charge in [-0.25, -0.2) is 4.79 Å². The highest BCUT2D eigenvalue weighted by Crippen LogP contribution is 2.54. The molecule has 0 bridgehead atoms. The van der Waals surface area contributed by atoms with Crippen molar-refractivity contribution >= 4 is 11.9 Å². The van der Waals surface area contributed by atoms with E-state index in [9.17, 15) is 14.7 Å². The second kappa shape index (κ2) is 6.82. The lowest BCUT2D eigenvalue weighted by atomic mass is 9.59. The van der Waals surface area contributed by atoms with Crippen LogP contribution in [0.25, 0.3) is 0 Å². The Kier molecular flexibility index (Phi) is 4.97. The van der Waals surface area contributed by atoms with E-state index in [0.29, 0.717) is 5.56 Å². The van der Waals surface area contributed by atoms with Crippen molar-refractivity contribution in [1.29, 1.82) is 0 Å². The predicted molar refractivity (Wildman–Crippen MR) is 102 cm³/mol. The van der Waals surface area contributed by atoms with E-state index < -0.39 is 11.0 Å². The molecule has 6 nitrogen and oxygen atoms in total. The Balaban J connectivity index is 2.18. The number of amides is 3. The van der Waals surface area contributed by atoms with Gasteiger partial charge < -0.3 is 15.2 Å². The number of nitrogens with zero attached hydrogens (tertiary/aromatic N) is 1. The van der Waals surface area contributed by atoms with E-state index >= 15 is 0 Å². The number of hydrogen-bond donors (Lipinski definition) is 2. The molecular weight excluding hydrogens is 344 g/mol. The molecule has 1 aliphatic carbocycles. The largest absolute Gasteiger partial charge is 0.508 e. The summed E-state index contributed by atoms with van der Waals surface area (Å²) in [5, 5.41) is 13.2. The highest BCUT2D eigenvalue weighted by atomic mass is 16.5. The smallest absolute Gasteiger partial charge is 0.325 e. The van der Waals surface area contributed by atoms with E-state index in [2.05, 4.69) is 12.2 Å². The van der Waals surface area contributed by atoms with Crippen molar-refractivity contribution in [2.24, 2.45) is 5.41 Å². The van der Waals surface area contributed by atoms with Gasteiger partial charge in [-0.2, -0.15) is 0 Å². The summed E-state index contributed by atoms with van der Waals surface area (Å²) in [5.74, 6) is -0.135. The molecule has 0 aromatic heterocycles. The van der Waals surface area contributed by atoms with E-state index in [1.807, 2.05) is 20.8 Å². The second-order valence-electron chi connectivity index (χ2n) is 8.44. The third-order valence-electron chi connectivity index (χ3n) is 6.47. The third-order valence-corrected chi connectivity index (χ3v) is 6.47. The Labute approximate surface area is 160 Å². The van der Waals surface area contributed by atoms with Gasteiger partial charge in [0, 0.05) is 18.6 Å². The summed E-state index contributed by atoms with van der Waals surface area (Å²) in [4.78, 5) is 27.9. The standard InChI is InChI=1S/C21H30N2O4/c1-13(2)23-18(25)21(22-19(23)26,17-12-15(24)7-6-14(17)3)20(4)10-8-16(27-5)9-11-20/h6-7,12-13,16,24H,8-11H2,1-5H3,(H,22,26)/t16-,20-,21?. The van der Waals surface area contributed by atoms with Crippen LogP contribution in [0.3, 0.4) is 0 Å². The number of rotatable bonds is 4. The molecule has 27 heavy (non-hydrogen) atoms. The molecule has 2 aliphatic rings. The molecule has 1 aromatic rings. The summed E-state index contributed by atoms with van der Waals surface area (Å²) in [6, 6.07) is 4.43. The molecule has 1 aromatic carbocycles. The fraction of sp³-hybridized carbons (Fsp3) is 0.619. The zero-order valence-corrected chi connectivity index (χ0v) is 16.8. The van der Waals surface area contributed by atoms with Crippen LogP contribution in [0.2, 0.25) is 0 Å². The average Bonchev–Trinajstić information content (AvgIpc) is 2.89. The minimum absolute atomic E-state index is 0.0919. The molecule has 1 saturated carbocycles. The van der Waals surface area contributed by atoms with Crippen LogP contribution in [0.4, 0.5) is 4.79 Å². The molecule has 3 rings (SSSR count). The average molecular weight is 374 g/mol. The number of benzene rings is 1. The number of hydrogen-bond acceptors (Lipinski definition) is 4. The van der Waals surface area contributed by atoms with E-state index in [1.54, 1.807) is 25.3 Å². The summed E-state index contributed by atoms with van der Waals surface area (Å²) >= 11 is 0. The Hall–Kier alpha value is -2.08. The number of carbonyl (C=O) groups is 2. The Morgan fingerprint density at radius 3 is 2.41 bits per heavy atom. The number of aromatic hydroxyl groups is 1. The number of imide groups is 1. The van der Waals surface area contributed by atoms with Crippen LogP contribution in [-0.2, 0) is 15.1 Å². The Morgan fingerprint density at radius 2 is 1.89 bits per heavy atom. The van der Waals surface area contributed by atoms with Crippen LogP contribution < -0.4 is 5.32 Å². The lowest BCUT2D eigenvalue weighted by molar-refractivity contribution is -0.140. The van der Waals surface area contributed by atoms with Crippen molar-refractivity contribution in [3.05, 3.63) is 29.3 Å². The Morgan fingerprint density at radius 1 is 1.26 bits per heavy atom. The van der Waals surface area contributed by atoms with Crippen LogP contribution in [-0.4, -0.2) is 41.2 Å². The number of phenols is 1. The van der Waals surface area contributed by atoms with Crippen molar-refractivity contribution in [2.75, 3.05) is 7.11 Å². The van der Waals surface area contributed by atoms with E-state index in [1.165, 1.54) is 4.90 Å². The van der Waals surface area contributed by atoms with Crippen molar-refractivity contribution in [3.63, 3.8) is 0 Å². The van der Waals surface area contributed by atoms with Crippen molar-refractivity contribution in [3.8, 4) is 5.75 Å². The molecule has 1 aliphatic heterocycles. The first-order valence-electron chi connectivity index (χ1n) is 9.65. The number of phenolic OH excluding ortho intramolecular Hbond substituents is 1. The number of urea groups is 1. The maximum absolute atomic E-state index is 13.7. The first-order valence-corrected chi connectivity index (χ1v) is 9.65. The third kappa shape index (κ3) is 2.90. The molecule has 148 valence electrons. The Bertz CT molecular complexity index is 753.